The zero-order chi connectivity index (χ0) is 24.3. The molecular formula is C24H15F6N3S. The Bertz CT molecular complexity index is 1260. The summed E-state index contributed by atoms with van der Waals surface area (Å²) in [6.45, 7) is 0. The molecule has 0 fully saturated rings. The second-order valence-electron chi connectivity index (χ2n) is 7.19. The molecule has 1 N–H and O–H groups in total. The highest BCUT2D eigenvalue weighted by molar-refractivity contribution is 7.14. The first-order chi connectivity index (χ1) is 16.1. The molecule has 0 saturated carbocycles. The third kappa shape index (κ3) is 5.63. The van der Waals surface area contributed by atoms with E-state index in [1.165, 1.54) is 29.7 Å². The minimum atomic E-state index is -4.90. The molecule has 0 radical (unpaired) electrons. The number of hydrogen-bond acceptors (Lipinski definition) is 4. The predicted molar refractivity (Wildman–Crippen MR) is 121 cm³/mol. The normalized spacial score (nSPS) is 12.3. The van der Waals surface area contributed by atoms with Crippen molar-refractivity contribution in [3.05, 3.63) is 94.9 Å². The average molecular weight is 491 g/mol. The van der Waals surface area contributed by atoms with E-state index in [9.17, 15) is 26.3 Å². The van der Waals surface area contributed by atoms with Gasteiger partial charge in [-0.05, 0) is 34.9 Å². The first kappa shape index (κ1) is 23.5. The molecule has 0 aliphatic rings. The number of alkyl halides is 6. The van der Waals surface area contributed by atoms with Gasteiger partial charge in [0, 0.05) is 10.9 Å². The summed E-state index contributed by atoms with van der Waals surface area (Å²) in [7, 11) is 0. The summed E-state index contributed by atoms with van der Waals surface area (Å²) >= 11 is 1.37. The van der Waals surface area contributed by atoms with Gasteiger partial charge in [-0.1, -0.05) is 54.6 Å². The third-order valence-corrected chi connectivity index (χ3v) is 5.53. The van der Waals surface area contributed by atoms with Crippen LogP contribution in [-0.2, 0) is 12.4 Å². The smallest absolute Gasteiger partial charge is 0.253 e. The lowest BCUT2D eigenvalue weighted by Crippen LogP contribution is -2.11. The van der Waals surface area contributed by atoms with Crippen LogP contribution in [0.3, 0.4) is 0 Å². The average Bonchev–Trinajstić information content (AvgIpc) is 3.28. The largest absolute Gasteiger partial charge is 0.416 e. The SMILES string of the molecule is FC(F)(F)c1cc(-c2ccc(C=NNc3nc(-c4ccccc4)cs3)cc2)cc(C(F)(F)F)c1. The zero-order valence-corrected chi connectivity index (χ0v) is 18.0. The number of rotatable bonds is 5. The lowest BCUT2D eigenvalue weighted by molar-refractivity contribution is -0.143. The Labute approximate surface area is 194 Å². The molecule has 0 aliphatic heterocycles. The Morgan fingerprint density at radius 2 is 1.35 bits per heavy atom. The molecule has 10 heteroatoms. The number of hydrazone groups is 1. The van der Waals surface area contributed by atoms with Crippen LogP contribution in [0.4, 0.5) is 31.5 Å². The van der Waals surface area contributed by atoms with Gasteiger partial charge in [0.1, 0.15) is 0 Å². The van der Waals surface area contributed by atoms with E-state index in [0.717, 1.165) is 11.3 Å². The van der Waals surface area contributed by atoms with E-state index in [1.807, 2.05) is 35.7 Å². The van der Waals surface area contributed by atoms with Crippen LogP contribution in [0.25, 0.3) is 22.4 Å². The van der Waals surface area contributed by atoms with E-state index in [-0.39, 0.29) is 17.2 Å². The summed E-state index contributed by atoms with van der Waals surface area (Å²) < 4.78 is 78.6. The second-order valence-corrected chi connectivity index (χ2v) is 8.05. The number of aromatic nitrogens is 1. The van der Waals surface area contributed by atoms with Crippen molar-refractivity contribution in [2.45, 2.75) is 12.4 Å². The number of nitrogens with one attached hydrogen (secondary N) is 1. The molecule has 174 valence electrons. The van der Waals surface area contributed by atoms with Gasteiger partial charge < -0.3 is 0 Å². The van der Waals surface area contributed by atoms with E-state index in [0.29, 0.717) is 22.8 Å². The predicted octanol–water partition coefficient (Wildman–Crippen LogP) is 7.96. The first-order valence-electron chi connectivity index (χ1n) is 9.79. The van der Waals surface area contributed by atoms with E-state index in [1.54, 1.807) is 12.1 Å². The number of thiazole rings is 1. The fourth-order valence-corrected chi connectivity index (χ4v) is 3.78. The van der Waals surface area contributed by atoms with Crippen molar-refractivity contribution in [1.82, 2.24) is 4.98 Å². The summed E-state index contributed by atoms with van der Waals surface area (Å²) in [5.41, 5.74) is 2.49. The van der Waals surface area contributed by atoms with Gasteiger partial charge in [-0.25, -0.2) is 4.98 Å². The van der Waals surface area contributed by atoms with Gasteiger partial charge in [0.2, 0.25) is 5.13 Å². The van der Waals surface area contributed by atoms with Gasteiger partial charge in [-0.2, -0.15) is 31.4 Å². The lowest BCUT2D eigenvalue weighted by Gasteiger charge is -2.14. The number of benzene rings is 3. The number of hydrogen-bond donors (Lipinski definition) is 1. The Morgan fingerprint density at radius 1 is 0.735 bits per heavy atom. The molecular weight excluding hydrogens is 476 g/mol. The Hall–Kier alpha value is -3.66. The summed E-state index contributed by atoms with van der Waals surface area (Å²) in [6, 6.07) is 17.1. The first-order valence-corrected chi connectivity index (χ1v) is 10.7. The van der Waals surface area contributed by atoms with Crippen molar-refractivity contribution in [3.63, 3.8) is 0 Å². The molecule has 0 saturated heterocycles. The van der Waals surface area contributed by atoms with Gasteiger partial charge in [0.05, 0.1) is 23.0 Å². The summed E-state index contributed by atoms with van der Waals surface area (Å²) in [5.74, 6) is 0. The van der Waals surface area contributed by atoms with Crippen LogP contribution < -0.4 is 5.43 Å². The second kappa shape index (κ2) is 9.30. The summed E-state index contributed by atoms with van der Waals surface area (Å²) in [5, 5.41) is 6.54. The van der Waals surface area contributed by atoms with Crippen molar-refractivity contribution in [3.8, 4) is 22.4 Å². The van der Waals surface area contributed by atoms with Crippen LogP contribution >= 0.6 is 11.3 Å². The molecule has 1 heterocycles. The van der Waals surface area contributed by atoms with E-state index in [4.69, 9.17) is 0 Å². The molecule has 4 aromatic rings. The quantitative estimate of drug-likeness (QED) is 0.175. The highest BCUT2D eigenvalue weighted by Crippen LogP contribution is 2.38. The maximum absolute atomic E-state index is 13.1. The molecule has 3 aromatic carbocycles. The molecule has 0 spiro atoms. The molecule has 0 unspecified atom stereocenters. The highest BCUT2D eigenvalue weighted by atomic mass is 32.1. The number of anilines is 1. The third-order valence-electron chi connectivity index (χ3n) is 4.78. The Morgan fingerprint density at radius 3 is 1.94 bits per heavy atom. The standard InChI is InChI=1S/C24H15F6N3S/c25-23(26,27)19-10-18(11-20(12-19)24(28,29)30)16-8-6-15(7-9-16)13-31-33-22-32-21(14-34-22)17-4-2-1-3-5-17/h1-14H,(H,32,33). The Kier molecular flexibility index (Phi) is 6.43. The fraction of sp³-hybridized carbons (Fsp3) is 0.0833. The van der Waals surface area contributed by atoms with Crippen LogP contribution in [0.1, 0.15) is 16.7 Å². The molecule has 3 nitrogen and oxygen atoms in total. The van der Waals surface area contributed by atoms with Crippen molar-refractivity contribution < 1.29 is 26.3 Å². The monoisotopic (exact) mass is 491 g/mol. The summed E-state index contributed by atoms with van der Waals surface area (Å²) in [6.07, 6.45) is -8.32. The topological polar surface area (TPSA) is 37.3 Å². The molecule has 0 atom stereocenters. The minimum absolute atomic E-state index is 0.109. The number of nitrogens with zero attached hydrogens (tertiary/aromatic N) is 2. The van der Waals surface area contributed by atoms with Gasteiger partial charge in [-0.3, -0.25) is 5.43 Å². The van der Waals surface area contributed by atoms with Crippen molar-refractivity contribution in [2.75, 3.05) is 5.43 Å². The maximum atomic E-state index is 13.1. The van der Waals surface area contributed by atoms with Crippen molar-refractivity contribution in [2.24, 2.45) is 5.10 Å². The molecule has 0 aliphatic carbocycles. The molecule has 0 bridgehead atoms. The van der Waals surface area contributed by atoms with Crippen molar-refractivity contribution in [1.29, 1.82) is 0 Å². The van der Waals surface area contributed by atoms with Crippen LogP contribution in [-0.4, -0.2) is 11.2 Å². The van der Waals surface area contributed by atoms with Crippen LogP contribution in [0.2, 0.25) is 0 Å². The van der Waals surface area contributed by atoms with E-state index >= 15 is 0 Å². The van der Waals surface area contributed by atoms with Crippen molar-refractivity contribution >= 4 is 22.7 Å². The van der Waals surface area contributed by atoms with E-state index in [2.05, 4.69) is 15.5 Å². The molecule has 0 amide bonds. The lowest BCUT2D eigenvalue weighted by atomic mass is 9.98. The van der Waals surface area contributed by atoms with Gasteiger partial charge in [-0.15, -0.1) is 11.3 Å². The molecule has 34 heavy (non-hydrogen) atoms. The Balaban J connectivity index is 1.49. The van der Waals surface area contributed by atoms with Gasteiger partial charge in [0.15, 0.2) is 0 Å². The fourth-order valence-electron chi connectivity index (χ4n) is 3.11. The summed E-state index contributed by atoms with van der Waals surface area (Å²) in [4.78, 5) is 4.43. The van der Waals surface area contributed by atoms with Crippen LogP contribution in [0.15, 0.2) is 83.3 Å². The maximum Gasteiger partial charge on any atom is 0.416 e. The van der Waals surface area contributed by atoms with Gasteiger partial charge in [0.25, 0.3) is 0 Å². The number of halogens is 6. The highest BCUT2D eigenvalue weighted by Gasteiger charge is 2.37. The minimum Gasteiger partial charge on any atom is -0.253 e. The molecule has 1 aromatic heterocycles. The van der Waals surface area contributed by atoms with E-state index < -0.39 is 23.5 Å². The van der Waals surface area contributed by atoms with Crippen LogP contribution in [0.5, 0.6) is 0 Å². The molecule has 4 rings (SSSR count). The van der Waals surface area contributed by atoms with Gasteiger partial charge >= 0.3 is 12.4 Å². The van der Waals surface area contributed by atoms with Crippen LogP contribution in [0, 0.1) is 0 Å². The zero-order valence-electron chi connectivity index (χ0n) is 17.2.